The minimum atomic E-state index is -4.08. The normalized spacial score (nSPS) is 8.22. The standard InChI is InChI=1S/Fe.H5O4PSi.Y.Zr/c;1-5(2,3)4-6;;/h;6H3,(H2,1,2,3);;. The van der Waals surface area contributed by atoms with E-state index in [9.17, 15) is 4.57 Å². The molecule has 2 N–H and O–H groups in total. The molecule has 4 nitrogen and oxygen atoms in total. The third-order valence-corrected chi connectivity index (χ3v) is 2.14. The summed E-state index contributed by atoms with van der Waals surface area (Å²) in [6.07, 6.45) is 0. The van der Waals surface area contributed by atoms with Crippen LogP contribution in [0.1, 0.15) is 0 Å². The molecule has 0 saturated carbocycles. The van der Waals surface area contributed by atoms with E-state index in [-0.39, 0.29) is 86.5 Å². The molecule has 53 valence electrons. The molecule has 0 heterocycles. The van der Waals surface area contributed by atoms with Crippen LogP contribution in [0.4, 0.5) is 0 Å². The number of phosphoric acid groups is 1. The second-order valence-electron chi connectivity index (χ2n) is 0.673. The fourth-order valence-corrected chi connectivity index (χ4v) is 0. The van der Waals surface area contributed by atoms with Crippen LogP contribution in [0.3, 0.4) is 0 Å². The Morgan fingerprint density at radius 1 is 1.44 bits per heavy atom. The molecule has 9 heteroatoms. The van der Waals surface area contributed by atoms with E-state index in [4.69, 9.17) is 9.79 Å². The van der Waals surface area contributed by atoms with Gasteiger partial charge in [-0.3, -0.25) is 0 Å². The molecule has 0 amide bonds. The molecule has 1 radical (unpaired) electrons. The molecule has 0 aromatic heterocycles. The molecular weight excluding hydrogens is 359 g/mol. The number of hydrogen-bond donors (Lipinski definition) is 2. The van der Waals surface area contributed by atoms with Gasteiger partial charge in [-0.1, -0.05) is 0 Å². The molecule has 0 spiro atoms. The second-order valence-corrected chi connectivity index (χ2v) is 3.11. The van der Waals surface area contributed by atoms with Crippen LogP contribution in [-0.4, -0.2) is 20.3 Å². The van der Waals surface area contributed by atoms with Crippen LogP contribution in [0.15, 0.2) is 0 Å². The van der Waals surface area contributed by atoms with E-state index in [1.54, 1.807) is 0 Å². The minimum Gasteiger partial charge on any atom is -0.342 e. The molecule has 0 atom stereocenters. The molecule has 0 unspecified atom stereocenters. The van der Waals surface area contributed by atoms with Crippen LogP contribution in [-0.2, 0) is 84.8 Å². The van der Waals surface area contributed by atoms with E-state index in [1.807, 2.05) is 0 Å². The minimum absolute atomic E-state index is 0. The van der Waals surface area contributed by atoms with Gasteiger partial charge in [-0.2, -0.15) is 0 Å². The summed E-state index contributed by atoms with van der Waals surface area (Å²) in [4.78, 5) is 15.5. The van der Waals surface area contributed by atoms with Gasteiger partial charge in [-0.05, 0) is 0 Å². The topological polar surface area (TPSA) is 66.8 Å². The fourth-order valence-electron chi connectivity index (χ4n) is 0. The van der Waals surface area contributed by atoms with Gasteiger partial charge in [-0.25, -0.2) is 4.57 Å². The Labute approximate surface area is 111 Å². The van der Waals surface area contributed by atoms with Crippen LogP contribution in [0.5, 0.6) is 0 Å². The fraction of sp³-hybridized carbons (Fsp3) is 0. The summed E-state index contributed by atoms with van der Waals surface area (Å²) in [7, 11) is -4.00. The average Bonchev–Trinajstić information content (AvgIpc) is 1.35. The third-order valence-electron chi connectivity index (χ3n) is 0.238. The van der Waals surface area contributed by atoms with Crippen LogP contribution in [0.25, 0.3) is 0 Å². The van der Waals surface area contributed by atoms with E-state index in [0.717, 1.165) is 0 Å². The van der Waals surface area contributed by atoms with E-state index in [2.05, 4.69) is 4.21 Å². The van der Waals surface area contributed by atoms with Crippen molar-refractivity contribution in [1.29, 1.82) is 0 Å². The molecule has 0 bridgehead atoms. The molecule has 9 heavy (non-hydrogen) atoms. The maximum atomic E-state index is 9.51. The Balaban J connectivity index is -0.0000000417. The molecule has 0 aliphatic rings. The first kappa shape index (κ1) is 22.6. The predicted molar refractivity (Wildman–Crippen MR) is 23.1 cm³/mol. The van der Waals surface area contributed by atoms with Gasteiger partial charge in [0.15, 0.2) is 10.5 Å². The predicted octanol–water partition coefficient (Wildman–Crippen LogP) is -1.63. The SMILES string of the molecule is O=P(O)(O)O[SiH3].[Fe].[Y].[Zr]. The molecule has 0 rings (SSSR count). The van der Waals surface area contributed by atoms with Crippen molar-refractivity contribution in [3.63, 3.8) is 0 Å². The summed E-state index contributed by atoms with van der Waals surface area (Å²) in [5, 5.41) is 0. The first-order valence-electron chi connectivity index (χ1n) is 1.17. The zero-order chi connectivity index (χ0) is 5.21. The number of hydrogen-bond acceptors (Lipinski definition) is 2. The third kappa shape index (κ3) is 24.8. The molecule has 0 aromatic rings. The molecule has 0 fully saturated rings. The Hall–Kier alpha value is 2.83. The van der Waals surface area contributed by atoms with Gasteiger partial charge >= 0.3 is 7.82 Å². The van der Waals surface area contributed by atoms with Crippen molar-refractivity contribution < 1.29 is 94.5 Å². The summed E-state index contributed by atoms with van der Waals surface area (Å²) in [6, 6.07) is 0. The summed E-state index contributed by atoms with van der Waals surface area (Å²) < 4.78 is 13.2. The maximum absolute atomic E-state index is 9.51. The van der Waals surface area contributed by atoms with Gasteiger partial charge in [0.1, 0.15) is 0 Å². The van der Waals surface area contributed by atoms with E-state index in [0.29, 0.717) is 0 Å². The second kappa shape index (κ2) is 10.8. The van der Waals surface area contributed by atoms with E-state index < -0.39 is 7.82 Å². The Bertz CT molecular complexity index is 84.6. The largest absolute Gasteiger partial charge is 0.458 e. The van der Waals surface area contributed by atoms with Gasteiger partial charge in [0.25, 0.3) is 0 Å². The Morgan fingerprint density at radius 3 is 1.56 bits per heavy atom. The van der Waals surface area contributed by atoms with Crippen LogP contribution in [0.2, 0.25) is 0 Å². The molecule has 0 aromatic carbocycles. The van der Waals surface area contributed by atoms with Crippen LogP contribution >= 0.6 is 7.82 Å². The Morgan fingerprint density at radius 2 is 1.56 bits per heavy atom. The van der Waals surface area contributed by atoms with Crippen molar-refractivity contribution >= 4 is 18.3 Å². The molecular formula is H5FeO4PSiYZr. The van der Waals surface area contributed by atoms with E-state index >= 15 is 0 Å². The summed E-state index contributed by atoms with van der Waals surface area (Å²) in [5.74, 6) is 0. The van der Waals surface area contributed by atoms with Crippen LogP contribution < -0.4 is 0 Å². The molecule has 0 aliphatic heterocycles. The zero-order valence-corrected chi connectivity index (χ0v) is 13.9. The smallest absolute Gasteiger partial charge is 0.342 e. The Kier molecular flexibility index (Phi) is 27.2. The van der Waals surface area contributed by atoms with Crippen molar-refractivity contribution in [2.45, 2.75) is 0 Å². The summed E-state index contributed by atoms with van der Waals surface area (Å²) in [6.45, 7) is 0. The molecule has 0 saturated heterocycles. The van der Waals surface area contributed by atoms with Gasteiger partial charge in [0, 0.05) is 76.0 Å². The quantitative estimate of drug-likeness (QED) is 0.433. The monoisotopic (exact) mass is 363 g/mol. The van der Waals surface area contributed by atoms with Crippen molar-refractivity contribution in [2.24, 2.45) is 0 Å². The van der Waals surface area contributed by atoms with Crippen molar-refractivity contribution in [2.75, 3.05) is 0 Å². The van der Waals surface area contributed by atoms with E-state index in [1.165, 1.54) is 0 Å². The first-order valence-corrected chi connectivity index (χ1v) is 3.52. The van der Waals surface area contributed by atoms with Crippen LogP contribution in [0, 0.1) is 0 Å². The first-order chi connectivity index (χ1) is 2.56. The maximum Gasteiger partial charge on any atom is 0.458 e. The van der Waals surface area contributed by atoms with Gasteiger partial charge < -0.3 is 14.0 Å². The van der Waals surface area contributed by atoms with Crippen molar-refractivity contribution in [3.8, 4) is 0 Å². The molecule has 0 aliphatic carbocycles. The summed E-state index contributed by atoms with van der Waals surface area (Å²) in [5.41, 5.74) is 0. The van der Waals surface area contributed by atoms with Crippen molar-refractivity contribution in [3.05, 3.63) is 0 Å². The average molecular weight is 364 g/mol. The zero-order valence-electron chi connectivity index (χ0n) is 4.59. The van der Waals surface area contributed by atoms with Gasteiger partial charge in [0.2, 0.25) is 0 Å². The van der Waals surface area contributed by atoms with Crippen molar-refractivity contribution in [1.82, 2.24) is 0 Å². The number of rotatable bonds is 1. The summed E-state index contributed by atoms with van der Waals surface area (Å²) >= 11 is 0. The van der Waals surface area contributed by atoms with Gasteiger partial charge in [-0.15, -0.1) is 0 Å². The van der Waals surface area contributed by atoms with Gasteiger partial charge in [0.05, 0.1) is 0 Å².